The minimum Gasteiger partial charge on any atom is -0.414 e. The van der Waals surface area contributed by atoms with Gasteiger partial charge in [0.05, 0.1) is 12.2 Å². The largest absolute Gasteiger partial charge is 0.415 e. The molecule has 130 valence electrons. The van der Waals surface area contributed by atoms with Crippen molar-refractivity contribution >= 4 is 8.32 Å². The minimum absolute atomic E-state index is 0.00263. The molecule has 0 amide bonds. The van der Waals surface area contributed by atoms with E-state index < -0.39 is 38.6 Å². The molecule has 8 heteroatoms. The van der Waals surface area contributed by atoms with Gasteiger partial charge in [-0.1, -0.05) is 20.8 Å². The fourth-order valence-corrected chi connectivity index (χ4v) is 2.79. The summed E-state index contributed by atoms with van der Waals surface area (Å²) in [5, 5.41) is 9.61. The molecule has 3 atom stereocenters. The number of ether oxygens (including phenoxy) is 2. The quantitative estimate of drug-likeness (QED) is 0.629. The van der Waals surface area contributed by atoms with Gasteiger partial charge in [-0.2, -0.15) is 13.2 Å². The van der Waals surface area contributed by atoms with Gasteiger partial charge in [0, 0.05) is 7.11 Å². The molecule has 0 aromatic rings. The third-order valence-corrected chi connectivity index (χ3v) is 8.73. The van der Waals surface area contributed by atoms with Crippen molar-refractivity contribution < 1.29 is 32.2 Å². The number of rotatable bonds is 4. The number of methoxy groups -OCH3 is 1. The third-order valence-electron chi connectivity index (χ3n) is 4.23. The molecule has 1 aliphatic heterocycles. The van der Waals surface area contributed by atoms with Crippen molar-refractivity contribution in [1.82, 2.24) is 0 Å². The highest BCUT2D eigenvalue weighted by molar-refractivity contribution is 6.74. The normalized spacial score (nSPS) is 27.7. The zero-order chi connectivity index (χ0) is 17.3. The number of aliphatic hydroxyl groups is 1. The first kappa shape index (κ1) is 19.6. The fraction of sp³-hybridized carbons (Fsp3) is 0.857. The second-order valence-corrected chi connectivity index (χ2v) is 11.7. The van der Waals surface area contributed by atoms with E-state index in [1.807, 2.05) is 33.9 Å². The Kier molecular flexibility index (Phi) is 5.89. The first-order valence-corrected chi connectivity index (χ1v) is 9.99. The molecule has 22 heavy (non-hydrogen) atoms. The van der Waals surface area contributed by atoms with Crippen LogP contribution < -0.4 is 0 Å². The zero-order valence-electron chi connectivity index (χ0n) is 13.8. The summed E-state index contributed by atoms with van der Waals surface area (Å²) in [6.07, 6.45) is -7.86. The van der Waals surface area contributed by atoms with Crippen molar-refractivity contribution in [1.29, 1.82) is 0 Å². The van der Waals surface area contributed by atoms with Gasteiger partial charge in [-0.3, -0.25) is 0 Å². The van der Waals surface area contributed by atoms with E-state index >= 15 is 0 Å². The van der Waals surface area contributed by atoms with Gasteiger partial charge in [-0.05, 0) is 24.2 Å². The van der Waals surface area contributed by atoms with E-state index in [0.29, 0.717) is 0 Å². The second-order valence-electron chi connectivity index (χ2n) is 6.91. The highest BCUT2D eigenvalue weighted by atomic mass is 28.4. The molecule has 4 nitrogen and oxygen atoms in total. The minimum atomic E-state index is -4.63. The Balaban J connectivity index is 2.89. The molecule has 0 spiro atoms. The molecule has 0 unspecified atom stereocenters. The Morgan fingerprint density at radius 1 is 1.27 bits per heavy atom. The molecular weight excluding hydrogens is 317 g/mol. The molecule has 1 N–H and O–H groups in total. The van der Waals surface area contributed by atoms with Crippen LogP contribution in [0.2, 0.25) is 18.1 Å². The number of hydrogen-bond acceptors (Lipinski definition) is 4. The van der Waals surface area contributed by atoms with Crippen LogP contribution in [0.15, 0.2) is 11.6 Å². The van der Waals surface area contributed by atoms with Gasteiger partial charge >= 0.3 is 6.18 Å². The van der Waals surface area contributed by atoms with Crippen LogP contribution in [0.3, 0.4) is 0 Å². The summed E-state index contributed by atoms with van der Waals surface area (Å²) < 4.78 is 54.9. The number of halogens is 3. The van der Waals surface area contributed by atoms with Crippen LogP contribution in [0.1, 0.15) is 20.8 Å². The molecule has 1 heterocycles. The molecular formula is C14H25F3O4Si. The summed E-state index contributed by atoms with van der Waals surface area (Å²) in [7, 11) is -0.906. The van der Waals surface area contributed by atoms with Gasteiger partial charge in [0.25, 0.3) is 0 Å². The Bertz CT molecular complexity index is 415. The molecule has 0 saturated carbocycles. The fourth-order valence-electron chi connectivity index (χ4n) is 1.77. The van der Waals surface area contributed by atoms with Crippen LogP contribution in [-0.2, 0) is 13.9 Å². The van der Waals surface area contributed by atoms with Gasteiger partial charge in [-0.25, -0.2) is 0 Å². The van der Waals surface area contributed by atoms with Crippen LogP contribution >= 0.6 is 0 Å². The van der Waals surface area contributed by atoms with Crippen LogP contribution in [0, 0.1) is 0 Å². The smallest absolute Gasteiger partial charge is 0.414 e. The summed E-state index contributed by atoms with van der Waals surface area (Å²) in [4.78, 5) is 0. The van der Waals surface area contributed by atoms with E-state index in [4.69, 9.17) is 13.9 Å². The van der Waals surface area contributed by atoms with E-state index in [1.165, 1.54) is 7.11 Å². The highest BCUT2D eigenvalue weighted by Gasteiger charge is 2.46. The van der Waals surface area contributed by atoms with E-state index in [-0.39, 0.29) is 11.6 Å². The first-order valence-electron chi connectivity index (χ1n) is 7.09. The topological polar surface area (TPSA) is 47.9 Å². The van der Waals surface area contributed by atoms with Gasteiger partial charge in [0.2, 0.25) is 0 Å². The Labute approximate surface area is 130 Å². The number of hydrogen-bond donors (Lipinski definition) is 1. The number of aliphatic hydroxyl groups excluding tert-OH is 1. The predicted octanol–water partition coefficient (Wildman–Crippen LogP) is 3.23. The van der Waals surface area contributed by atoms with Crippen molar-refractivity contribution in [3.05, 3.63) is 11.6 Å². The van der Waals surface area contributed by atoms with Crippen molar-refractivity contribution in [2.45, 2.75) is 63.6 Å². The molecule has 0 saturated heterocycles. The van der Waals surface area contributed by atoms with Crippen molar-refractivity contribution in [3.63, 3.8) is 0 Å². The van der Waals surface area contributed by atoms with Gasteiger partial charge < -0.3 is 19.0 Å². The third kappa shape index (κ3) is 4.54. The van der Waals surface area contributed by atoms with Crippen molar-refractivity contribution in [2.24, 2.45) is 0 Å². The molecule has 0 aromatic carbocycles. The molecule has 1 aliphatic rings. The average Bonchev–Trinajstić information content (AvgIpc) is 2.34. The average molecular weight is 342 g/mol. The molecule has 0 aliphatic carbocycles. The van der Waals surface area contributed by atoms with Gasteiger partial charge in [0.1, 0.15) is 12.2 Å². The lowest BCUT2D eigenvalue weighted by molar-refractivity contribution is -0.216. The Morgan fingerprint density at radius 3 is 2.23 bits per heavy atom. The Hall–Kier alpha value is -0.413. The summed E-state index contributed by atoms with van der Waals surface area (Å²) in [5.41, 5.74) is -1.05. The van der Waals surface area contributed by atoms with Gasteiger partial charge in [-0.15, -0.1) is 0 Å². The maximum Gasteiger partial charge on any atom is 0.415 e. The summed E-state index contributed by atoms with van der Waals surface area (Å²) >= 11 is 0. The summed E-state index contributed by atoms with van der Waals surface area (Å²) in [6.45, 7) is 10.1. The van der Waals surface area contributed by atoms with E-state index in [2.05, 4.69) is 0 Å². The van der Waals surface area contributed by atoms with Crippen LogP contribution in [0.5, 0.6) is 0 Å². The van der Waals surface area contributed by atoms with Crippen LogP contribution in [-0.4, -0.2) is 51.8 Å². The first-order chi connectivity index (χ1) is 9.79. The standard InChI is InChI=1S/C14H25F3O4Si/c1-13(2,3)22(5,6)20-8-9-7-10(14(15,16)17)11(18)12(19-4)21-9/h7,9,11-12,18H,8H2,1-6H3/t9-,11+,12-/m0/s1. The second kappa shape index (κ2) is 6.60. The van der Waals surface area contributed by atoms with E-state index in [0.717, 1.165) is 6.08 Å². The Morgan fingerprint density at radius 2 is 1.82 bits per heavy atom. The molecule has 0 aromatic heterocycles. The molecule has 1 rings (SSSR count). The van der Waals surface area contributed by atoms with E-state index in [9.17, 15) is 18.3 Å². The maximum atomic E-state index is 13.0. The lowest BCUT2D eigenvalue weighted by Crippen LogP contribution is -2.47. The SMILES string of the molecule is CO[C@H]1O[C@H](CO[Si](C)(C)C(C)(C)C)C=C(C(F)(F)F)[C@H]1O. The van der Waals surface area contributed by atoms with E-state index in [1.54, 1.807) is 0 Å². The lowest BCUT2D eigenvalue weighted by atomic mass is 10.0. The zero-order valence-corrected chi connectivity index (χ0v) is 14.8. The molecule has 0 bridgehead atoms. The monoisotopic (exact) mass is 342 g/mol. The molecule has 0 radical (unpaired) electrons. The van der Waals surface area contributed by atoms with Crippen molar-refractivity contribution in [3.8, 4) is 0 Å². The van der Waals surface area contributed by atoms with Crippen LogP contribution in [0.4, 0.5) is 13.2 Å². The predicted molar refractivity (Wildman–Crippen MR) is 79.0 cm³/mol. The summed E-state index contributed by atoms with van der Waals surface area (Å²) in [6, 6.07) is 0. The van der Waals surface area contributed by atoms with Crippen LogP contribution in [0.25, 0.3) is 0 Å². The number of alkyl halides is 3. The van der Waals surface area contributed by atoms with Gasteiger partial charge in [0.15, 0.2) is 14.6 Å². The maximum absolute atomic E-state index is 13.0. The van der Waals surface area contributed by atoms with Crippen molar-refractivity contribution in [2.75, 3.05) is 13.7 Å². The summed E-state index contributed by atoms with van der Waals surface area (Å²) in [5.74, 6) is 0. The lowest BCUT2D eigenvalue weighted by Gasteiger charge is -2.38. The highest BCUT2D eigenvalue weighted by Crippen LogP contribution is 2.38. The molecule has 0 fully saturated rings.